The molecule has 1 heterocycles. The molecule has 70 valence electrons. The van der Waals surface area contributed by atoms with Crippen LogP contribution in [0.5, 0.6) is 0 Å². The Morgan fingerprint density at radius 3 is 2.79 bits per heavy atom. The molecule has 2 rings (SSSR count). The first-order valence-electron chi connectivity index (χ1n) is 4.43. The SMILES string of the molecule is Cc1c(/C=C/C=O)sc2ccccc12. The van der Waals surface area contributed by atoms with Crippen molar-refractivity contribution in [1.82, 2.24) is 0 Å². The number of aryl methyl sites for hydroxylation is 1. The van der Waals surface area contributed by atoms with Crippen molar-refractivity contribution in [1.29, 1.82) is 0 Å². The lowest BCUT2D eigenvalue weighted by Gasteiger charge is -1.89. The van der Waals surface area contributed by atoms with Gasteiger partial charge in [-0.25, -0.2) is 0 Å². The van der Waals surface area contributed by atoms with E-state index in [9.17, 15) is 4.79 Å². The summed E-state index contributed by atoms with van der Waals surface area (Å²) in [5.74, 6) is 0. The van der Waals surface area contributed by atoms with Gasteiger partial charge in [-0.15, -0.1) is 11.3 Å². The molecule has 0 amide bonds. The largest absolute Gasteiger partial charge is 0.299 e. The summed E-state index contributed by atoms with van der Waals surface area (Å²) in [4.78, 5) is 11.4. The molecular formula is C12H10OS. The summed E-state index contributed by atoms with van der Waals surface area (Å²) >= 11 is 1.72. The van der Waals surface area contributed by atoms with Crippen LogP contribution in [-0.4, -0.2) is 6.29 Å². The molecule has 1 aromatic carbocycles. The second-order valence-electron chi connectivity index (χ2n) is 3.08. The van der Waals surface area contributed by atoms with Crippen LogP contribution >= 0.6 is 11.3 Å². The maximum atomic E-state index is 10.2. The molecule has 1 aromatic heterocycles. The van der Waals surface area contributed by atoms with E-state index in [4.69, 9.17) is 0 Å². The van der Waals surface area contributed by atoms with Crippen LogP contribution < -0.4 is 0 Å². The second-order valence-corrected chi connectivity index (χ2v) is 4.17. The van der Waals surface area contributed by atoms with Crippen molar-refractivity contribution in [2.24, 2.45) is 0 Å². The normalized spacial score (nSPS) is 11.2. The number of hydrogen-bond acceptors (Lipinski definition) is 2. The van der Waals surface area contributed by atoms with Crippen molar-refractivity contribution in [2.45, 2.75) is 6.92 Å². The summed E-state index contributed by atoms with van der Waals surface area (Å²) in [5, 5.41) is 1.28. The number of thiophene rings is 1. The van der Waals surface area contributed by atoms with Gasteiger partial charge in [0, 0.05) is 9.58 Å². The molecule has 2 aromatic rings. The zero-order valence-corrected chi connectivity index (χ0v) is 8.67. The number of fused-ring (bicyclic) bond motifs is 1. The van der Waals surface area contributed by atoms with Crippen LogP contribution in [0.2, 0.25) is 0 Å². The molecular weight excluding hydrogens is 192 g/mol. The van der Waals surface area contributed by atoms with Crippen LogP contribution in [0.3, 0.4) is 0 Å². The van der Waals surface area contributed by atoms with E-state index in [1.807, 2.05) is 18.2 Å². The number of aldehydes is 1. The standard InChI is InChI=1S/C12H10OS/c1-9-10-5-2-3-6-12(10)14-11(9)7-4-8-13/h2-8H,1H3/b7-4+. The Labute approximate surface area is 86.7 Å². The van der Waals surface area contributed by atoms with E-state index in [0.717, 1.165) is 6.29 Å². The monoisotopic (exact) mass is 202 g/mol. The fraction of sp³-hybridized carbons (Fsp3) is 0.0833. The number of carbonyl (C=O) groups is 1. The highest BCUT2D eigenvalue weighted by molar-refractivity contribution is 7.20. The van der Waals surface area contributed by atoms with Gasteiger partial charge in [0.2, 0.25) is 0 Å². The number of carbonyl (C=O) groups excluding carboxylic acids is 1. The molecule has 0 spiro atoms. The lowest BCUT2D eigenvalue weighted by atomic mass is 10.1. The molecule has 0 N–H and O–H groups in total. The first kappa shape index (κ1) is 9.16. The molecule has 0 aliphatic rings. The third-order valence-electron chi connectivity index (χ3n) is 2.21. The van der Waals surface area contributed by atoms with Crippen molar-refractivity contribution in [2.75, 3.05) is 0 Å². The summed E-state index contributed by atoms with van der Waals surface area (Å²) in [6.45, 7) is 2.09. The minimum atomic E-state index is 0.809. The van der Waals surface area contributed by atoms with Gasteiger partial charge in [0.25, 0.3) is 0 Å². The zero-order valence-electron chi connectivity index (χ0n) is 7.86. The predicted octanol–water partition coefficient (Wildman–Crippen LogP) is 3.42. The van der Waals surface area contributed by atoms with E-state index < -0.39 is 0 Å². The quantitative estimate of drug-likeness (QED) is 0.538. The lowest BCUT2D eigenvalue weighted by Crippen LogP contribution is -1.70. The smallest absolute Gasteiger partial charge is 0.142 e. The molecule has 0 saturated carbocycles. The molecule has 0 atom stereocenters. The van der Waals surface area contributed by atoms with Crippen molar-refractivity contribution in [3.05, 3.63) is 40.8 Å². The molecule has 0 saturated heterocycles. The van der Waals surface area contributed by atoms with E-state index in [1.165, 1.54) is 26.6 Å². The molecule has 0 aliphatic carbocycles. The first-order valence-corrected chi connectivity index (χ1v) is 5.24. The Morgan fingerprint density at radius 1 is 1.29 bits per heavy atom. The Balaban J connectivity index is 2.62. The van der Waals surface area contributed by atoms with Gasteiger partial charge in [0.1, 0.15) is 6.29 Å². The van der Waals surface area contributed by atoms with Gasteiger partial charge in [-0.2, -0.15) is 0 Å². The second kappa shape index (κ2) is 3.76. The summed E-state index contributed by atoms with van der Waals surface area (Å²) < 4.78 is 1.27. The van der Waals surface area contributed by atoms with Crippen LogP contribution in [0.4, 0.5) is 0 Å². The highest BCUT2D eigenvalue weighted by Gasteiger charge is 2.03. The Kier molecular flexibility index (Phi) is 2.46. The van der Waals surface area contributed by atoms with E-state index in [-0.39, 0.29) is 0 Å². The van der Waals surface area contributed by atoms with Crippen LogP contribution in [0.15, 0.2) is 30.3 Å². The number of benzene rings is 1. The Bertz CT molecular complexity index is 494. The Hall–Kier alpha value is -1.41. The molecule has 0 unspecified atom stereocenters. The minimum absolute atomic E-state index is 0.809. The van der Waals surface area contributed by atoms with Gasteiger partial charge >= 0.3 is 0 Å². The summed E-state index contributed by atoms with van der Waals surface area (Å²) in [6, 6.07) is 8.28. The van der Waals surface area contributed by atoms with Crippen molar-refractivity contribution in [3.8, 4) is 0 Å². The Morgan fingerprint density at radius 2 is 2.07 bits per heavy atom. The zero-order chi connectivity index (χ0) is 9.97. The fourth-order valence-electron chi connectivity index (χ4n) is 1.48. The van der Waals surface area contributed by atoms with E-state index in [0.29, 0.717) is 0 Å². The van der Waals surface area contributed by atoms with Crippen molar-refractivity contribution >= 4 is 33.8 Å². The van der Waals surface area contributed by atoms with Crippen LogP contribution in [0.25, 0.3) is 16.2 Å². The molecule has 14 heavy (non-hydrogen) atoms. The van der Waals surface area contributed by atoms with Gasteiger partial charge in [-0.3, -0.25) is 4.79 Å². The van der Waals surface area contributed by atoms with E-state index in [2.05, 4.69) is 19.1 Å². The number of allylic oxidation sites excluding steroid dienone is 1. The number of rotatable bonds is 2. The first-order chi connectivity index (χ1) is 6.83. The average molecular weight is 202 g/mol. The third-order valence-corrected chi connectivity index (χ3v) is 3.44. The predicted molar refractivity (Wildman–Crippen MR) is 61.7 cm³/mol. The molecule has 2 heteroatoms. The van der Waals surface area contributed by atoms with Crippen molar-refractivity contribution in [3.63, 3.8) is 0 Å². The molecule has 1 nitrogen and oxygen atoms in total. The summed E-state index contributed by atoms with van der Waals surface area (Å²) in [7, 11) is 0. The average Bonchev–Trinajstić information content (AvgIpc) is 2.54. The van der Waals surface area contributed by atoms with Gasteiger partial charge < -0.3 is 0 Å². The molecule has 0 aliphatic heterocycles. The van der Waals surface area contributed by atoms with E-state index >= 15 is 0 Å². The van der Waals surface area contributed by atoms with Crippen molar-refractivity contribution < 1.29 is 4.79 Å². The van der Waals surface area contributed by atoms with Crippen LogP contribution in [0.1, 0.15) is 10.4 Å². The summed E-state index contributed by atoms with van der Waals surface area (Å²) in [6.07, 6.45) is 4.22. The number of hydrogen-bond donors (Lipinski definition) is 0. The van der Waals surface area contributed by atoms with Gasteiger partial charge in [-0.1, -0.05) is 18.2 Å². The van der Waals surface area contributed by atoms with Gasteiger partial charge in [0.15, 0.2) is 0 Å². The van der Waals surface area contributed by atoms with Gasteiger partial charge in [-0.05, 0) is 36.1 Å². The lowest BCUT2D eigenvalue weighted by molar-refractivity contribution is -0.104. The topological polar surface area (TPSA) is 17.1 Å². The summed E-state index contributed by atoms with van der Waals surface area (Å²) in [5.41, 5.74) is 1.25. The maximum Gasteiger partial charge on any atom is 0.142 e. The third kappa shape index (κ3) is 1.49. The fourth-order valence-corrected chi connectivity index (χ4v) is 2.60. The highest BCUT2D eigenvalue weighted by atomic mass is 32.1. The molecule has 0 fully saturated rings. The van der Waals surface area contributed by atoms with Gasteiger partial charge in [0.05, 0.1) is 0 Å². The molecule has 0 bridgehead atoms. The van der Waals surface area contributed by atoms with E-state index in [1.54, 1.807) is 11.3 Å². The molecule has 0 radical (unpaired) electrons. The van der Waals surface area contributed by atoms with Crippen LogP contribution in [0, 0.1) is 6.92 Å². The highest BCUT2D eigenvalue weighted by Crippen LogP contribution is 2.31. The van der Waals surface area contributed by atoms with Crippen LogP contribution in [-0.2, 0) is 4.79 Å². The maximum absolute atomic E-state index is 10.2. The minimum Gasteiger partial charge on any atom is -0.299 e.